The molecule has 1 aliphatic rings. The number of benzene rings is 1. The molecule has 1 aromatic rings. The van der Waals surface area contributed by atoms with Crippen LogP contribution in [0.4, 0.5) is 5.69 Å². The van der Waals surface area contributed by atoms with Crippen LogP contribution in [-0.2, 0) is 6.42 Å². The first-order chi connectivity index (χ1) is 9.63. The van der Waals surface area contributed by atoms with E-state index in [1.54, 1.807) is 0 Å². The van der Waals surface area contributed by atoms with Gasteiger partial charge in [-0.05, 0) is 56.7 Å². The van der Waals surface area contributed by atoms with Crippen molar-refractivity contribution in [3.63, 3.8) is 0 Å². The van der Waals surface area contributed by atoms with Crippen LogP contribution < -0.4 is 10.6 Å². The fourth-order valence-corrected chi connectivity index (χ4v) is 3.54. The lowest BCUT2D eigenvalue weighted by atomic mass is 9.95. The second kappa shape index (κ2) is 7.33. The lowest BCUT2D eigenvalue weighted by Crippen LogP contribution is -2.40. The van der Waals surface area contributed by atoms with E-state index >= 15 is 0 Å². The highest BCUT2D eigenvalue weighted by Crippen LogP contribution is 2.34. The van der Waals surface area contributed by atoms with Gasteiger partial charge in [0.15, 0.2) is 0 Å². The van der Waals surface area contributed by atoms with Gasteiger partial charge >= 0.3 is 0 Å². The molecular weight excluding hydrogens is 268 g/mol. The molecule has 0 bridgehead atoms. The Morgan fingerprint density at radius 3 is 2.90 bits per heavy atom. The van der Waals surface area contributed by atoms with E-state index in [2.05, 4.69) is 24.0 Å². The van der Waals surface area contributed by atoms with Crippen molar-refractivity contribution in [2.24, 2.45) is 5.73 Å². The third kappa shape index (κ3) is 3.67. The Bertz CT molecular complexity index is 429. The van der Waals surface area contributed by atoms with Gasteiger partial charge in [-0.1, -0.05) is 31.0 Å². The molecule has 2 atom stereocenters. The normalized spacial score (nSPS) is 21.0. The van der Waals surface area contributed by atoms with Crippen LogP contribution in [0.15, 0.2) is 18.2 Å². The molecule has 3 heteroatoms. The number of rotatable bonds is 5. The minimum atomic E-state index is 0.142. The number of nitrogens with two attached hydrogens (primary N) is 1. The van der Waals surface area contributed by atoms with Crippen LogP contribution in [0.2, 0.25) is 5.02 Å². The largest absolute Gasteiger partial charge is 0.368 e. The quantitative estimate of drug-likeness (QED) is 0.873. The van der Waals surface area contributed by atoms with E-state index in [-0.39, 0.29) is 6.04 Å². The summed E-state index contributed by atoms with van der Waals surface area (Å²) in [7, 11) is 0. The van der Waals surface area contributed by atoms with Crippen molar-refractivity contribution in [1.82, 2.24) is 0 Å². The summed E-state index contributed by atoms with van der Waals surface area (Å²) >= 11 is 6.44. The van der Waals surface area contributed by atoms with E-state index in [1.165, 1.54) is 43.4 Å². The molecule has 1 fully saturated rings. The Kier molecular flexibility index (Phi) is 5.74. The summed E-state index contributed by atoms with van der Waals surface area (Å²) in [5.74, 6) is 0. The molecular formula is C17H27ClN2. The molecule has 0 aromatic heterocycles. The summed E-state index contributed by atoms with van der Waals surface area (Å²) in [6, 6.07) is 7.08. The Labute approximate surface area is 128 Å². The molecule has 1 aromatic carbocycles. The van der Waals surface area contributed by atoms with Gasteiger partial charge in [0.25, 0.3) is 0 Å². The van der Waals surface area contributed by atoms with Gasteiger partial charge in [0, 0.05) is 29.3 Å². The van der Waals surface area contributed by atoms with E-state index in [4.69, 9.17) is 17.3 Å². The molecule has 1 aliphatic heterocycles. The molecule has 112 valence electrons. The number of anilines is 1. The predicted octanol–water partition coefficient (Wildman–Crippen LogP) is 4.39. The molecule has 0 amide bonds. The van der Waals surface area contributed by atoms with E-state index in [1.807, 2.05) is 13.0 Å². The first kappa shape index (κ1) is 15.7. The number of hydrogen-bond acceptors (Lipinski definition) is 2. The summed E-state index contributed by atoms with van der Waals surface area (Å²) in [5.41, 5.74) is 8.55. The van der Waals surface area contributed by atoms with E-state index in [9.17, 15) is 0 Å². The summed E-state index contributed by atoms with van der Waals surface area (Å²) in [4.78, 5) is 2.58. The van der Waals surface area contributed by atoms with Gasteiger partial charge in [-0.15, -0.1) is 0 Å². The van der Waals surface area contributed by atoms with Gasteiger partial charge in [0.05, 0.1) is 0 Å². The molecule has 2 rings (SSSR count). The molecule has 0 spiro atoms. The second-order valence-electron chi connectivity index (χ2n) is 6.05. The second-order valence-corrected chi connectivity index (χ2v) is 6.46. The van der Waals surface area contributed by atoms with Crippen molar-refractivity contribution in [1.29, 1.82) is 0 Å². The zero-order chi connectivity index (χ0) is 14.5. The van der Waals surface area contributed by atoms with Crippen LogP contribution in [0.25, 0.3) is 0 Å². The highest BCUT2D eigenvalue weighted by molar-refractivity contribution is 6.31. The fourth-order valence-electron chi connectivity index (χ4n) is 3.29. The average molecular weight is 295 g/mol. The summed E-state index contributed by atoms with van der Waals surface area (Å²) in [5, 5.41) is 0.862. The van der Waals surface area contributed by atoms with Gasteiger partial charge < -0.3 is 10.6 Å². The monoisotopic (exact) mass is 294 g/mol. The molecule has 0 radical (unpaired) electrons. The third-order valence-corrected chi connectivity index (χ3v) is 4.53. The topological polar surface area (TPSA) is 29.3 Å². The zero-order valence-electron chi connectivity index (χ0n) is 12.7. The molecule has 2 N–H and O–H groups in total. The standard InChI is InChI=1S/C17H27ClN2/c1-3-7-14-8-4-5-11-20(14)17-10-6-9-16(18)15(17)12-13(2)19/h6,9-10,13-14H,3-5,7-8,11-12,19H2,1-2H3. The van der Waals surface area contributed by atoms with Crippen LogP contribution in [0.3, 0.4) is 0 Å². The Morgan fingerprint density at radius 1 is 1.40 bits per heavy atom. The van der Waals surface area contributed by atoms with E-state index in [0.717, 1.165) is 18.0 Å². The Hall–Kier alpha value is -0.730. The smallest absolute Gasteiger partial charge is 0.0459 e. The van der Waals surface area contributed by atoms with Gasteiger partial charge in [0.2, 0.25) is 0 Å². The summed E-state index contributed by atoms with van der Waals surface area (Å²) < 4.78 is 0. The zero-order valence-corrected chi connectivity index (χ0v) is 13.5. The van der Waals surface area contributed by atoms with Crippen molar-refractivity contribution in [2.45, 2.75) is 64.5 Å². The first-order valence-electron chi connectivity index (χ1n) is 7.93. The molecule has 2 unspecified atom stereocenters. The third-order valence-electron chi connectivity index (χ3n) is 4.18. The van der Waals surface area contributed by atoms with Crippen LogP contribution in [-0.4, -0.2) is 18.6 Å². The molecule has 20 heavy (non-hydrogen) atoms. The van der Waals surface area contributed by atoms with Crippen LogP contribution in [0, 0.1) is 0 Å². The first-order valence-corrected chi connectivity index (χ1v) is 8.31. The molecule has 0 saturated carbocycles. The highest BCUT2D eigenvalue weighted by atomic mass is 35.5. The Morgan fingerprint density at radius 2 is 2.20 bits per heavy atom. The van der Waals surface area contributed by atoms with Gasteiger partial charge in [-0.2, -0.15) is 0 Å². The highest BCUT2D eigenvalue weighted by Gasteiger charge is 2.24. The fraction of sp³-hybridized carbons (Fsp3) is 0.647. The van der Waals surface area contributed by atoms with Gasteiger partial charge in [-0.3, -0.25) is 0 Å². The predicted molar refractivity (Wildman–Crippen MR) is 88.7 cm³/mol. The molecule has 2 nitrogen and oxygen atoms in total. The number of piperidine rings is 1. The lowest BCUT2D eigenvalue weighted by molar-refractivity contribution is 0.433. The van der Waals surface area contributed by atoms with Crippen LogP contribution >= 0.6 is 11.6 Å². The van der Waals surface area contributed by atoms with Gasteiger partial charge in [-0.25, -0.2) is 0 Å². The van der Waals surface area contributed by atoms with Crippen LogP contribution in [0.5, 0.6) is 0 Å². The minimum Gasteiger partial charge on any atom is -0.368 e. The Balaban J connectivity index is 2.31. The van der Waals surface area contributed by atoms with Crippen molar-refractivity contribution < 1.29 is 0 Å². The maximum absolute atomic E-state index is 6.44. The number of nitrogens with zero attached hydrogens (tertiary/aromatic N) is 1. The number of halogens is 1. The maximum atomic E-state index is 6.44. The van der Waals surface area contributed by atoms with E-state index < -0.39 is 0 Å². The lowest BCUT2D eigenvalue weighted by Gasteiger charge is -2.39. The van der Waals surface area contributed by atoms with Crippen molar-refractivity contribution in [3.05, 3.63) is 28.8 Å². The summed E-state index contributed by atoms with van der Waals surface area (Å²) in [6.07, 6.45) is 7.30. The number of hydrogen-bond donors (Lipinski definition) is 1. The van der Waals surface area contributed by atoms with Crippen molar-refractivity contribution in [3.8, 4) is 0 Å². The average Bonchev–Trinajstić information content (AvgIpc) is 2.42. The van der Waals surface area contributed by atoms with Crippen molar-refractivity contribution in [2.75, 3.05) is 11.4 Å². The minimum absolute atomic E-state index is 0.142. The SMILES string of the molecule is CCCC1CCCCN1c1cccc(Cl)c1CC(C)N. The molecule has 1 saturated heterocycles. The van der Waals surface area contributed by atoms with Gasteiger partial charge in [0.1, 0.15) is 0 Å². The summed E-state index contributed by atoms with van der Waals surface area (Å²) in [6.45, 7) is 5.47. The van der Waals surface area contributed by atoms with Crippen molar-refractivity contribution >= 4 is 17.3 Å². The molecule has 1 heterocycles. The maximum Gasteiger partial charge on any atom is 0.0459 e. The van der Waals surface area contributed by atoms with E-state index in [0.29, 0.717) is 6.04 Å². The van der Waals surface area contributed by atoms with Crippen LogP contribution in [0.1, 0.15) is 51.5 Å². The molecule has 0 aliphatic carbocycles.